The third kappa shape index (κ3) is 4.33. The molecule has 0 aliphatic rings. The van der Waals surface area contributed by atoms with E-state index < -0.39 is 0 Å². The van der Waals surface area contributed by atoms with Gasteiger partial charge in [-0.05, 0) is 17.7 Å². The maximum atomic E-state index is 13.2. The Balaban J connectivity index is 1.68. The molecule has 2 aromatic heterocycles. The Morgan fingerprint density at radius 3 is 2.35 bits per heavy atom. The Labute approximate surface area is 185 Å². The van der Waals surface area contributed by atoms with Gasteiger partial charge in [0.1, 0.15) is 11.5 Å². The molecule has 0 saturated heterocycles. The van der Waals surface area contributed by atoms with E-state index in [4.69, 9.17) is 0 Å². The molecule has 0 fully saturated rings. The van der Waals surface area contributed by atoms with Crippen LogP contribution in [0.2, 0.25) is 0 Å². The monoisotopic (exact) mass is 423 g/mol. The molecule has 0 aliphatic heterocycles. The summed E-state index contributed by atoms with van der Waals surface area (Å²) in [5.74, 6) is 0.600. The van der Waals surface area contributed by atoms with Crippen LogP contribution in [-0.4, -0.2) is 9.55 Å². The van der Waals surface area contributed by atoms with Crippen LogP contribution in [0.5, 0.6) is 0 Å². The quantitative estimate of drug-likeness (QED) is 0.290. The molecule has 0 bridgehead atoms. The Bertz CT molecular complexity index is 1310. The largest absolute Gasteiger partial charge is 0.342 e. The maximum absolute atomic E-state index is 13.2. The minimum Gasteiger partial charge on any atom is -0.342 e. The van der Waals surface area contributed by atoms with Crippen molar-refractivity contribution in [3.8, 4) is 21.8 Å². The van der Waals surface area contributed by atoms with E-state index in [1.54, 1.807) is 28.2 Å². The third-order valence-corrected chi connectivity index (χ3v) is 5.89. The molecule has 0 unspecified atom stereocenters. The second-order valence-corrected chi connectivity index (χ2v) is 7.86. The lowest BCUT2D eigenvalue weighted by Crippen LogP contribution is -2.25. The predicted molar refractivity (Wildman–Crippen MR) is 130 cm³/mol. The van der Waals surface area contributed by atoms with Crippen LogP contribution in [0.3, 0.4) is 0 Å². The fourth-order valence-electron chi connectivity index (χ4n) is 3.25. The highest BCUT2D eigenvalue weighted by Crippen LogP contribution is 2.31. The highest BCUT2D eigenvalue weighted by Gasteiger charge is 2.14. The van der Waals surface area contributed by atoms with Crippen LogP contribution in [0.25, 0.3) is 27.5 Å². The van der Waals surface area contributed by atoms with Gasteiger partial charge >= 0.3 is 0 Å². The first-order valence-electron chi connectivity index (χ1n) is 9.80. The molecule has 4 nitrogen and oxygen atoms in total. The first-order valence-corrected chi connectivity index (χ1v) is 10.6. The van der Waals surface area contributed by atoms with E-state index in [0.29, 0.717) is 23.8 Å². The van der Waals surface area contributed by atoms with Gasteiger partial charge in [-0.2, -0.15) is 0 Å². The lowest BCUT2D eigenvalue weighted by molar-refractivity contribution is 0.769. The molecule has 31 heavy (non-hydrogen) atoms. The zero-order valence-electron chi connectivity index (χ0n) is 16.9. The highest BCUT2D eigenvalue weighted by atomic mass is 32.1. The zero-order valence-corrected chi connectivity index (χ0v) is 17.7. The number of nitrogens with one attached hydrogen (secondary N) is 1. The van der Waals surface area contributed by atoms with Gasteiger partial charge in [-0.1, -0.05) is 73.3 Å². The number of hydrogen-bond acceptors (Lipinski definition) is 4. The summed E-state index contributed by atoms with van der Waals surface area (Å²) in [6, 6.07) is 23.9. The molecular weight excluding hydrogens is 402 g/mol. The van der Waals surface area contributed by atoms with Crippen molar-refractivity contribution in [2.75, 3.05) is 5.32 Å². The molecule has 0 atom stereocenters. The number of allylic oxidation sites excluding steroid dienone is 1. The molecule has 2 aromatic carbocycles. The van der Waals surface area contributed by atoms with Crippen molar-refractivity contribution in [1.29, 1.82) is 0 Å². The summed E-state index contributed by atoms with van der Waals surface area (Å²) in [6.45, 7) is 7.95. The van der Waals surface area contributed by atoms with Gasteiger partial charge in [-0.15, -0.1) is 23.6 Å². The second-order valence-electron chi connectivity index (χ2n) is 6.77. The Morgan fingerprint density at radius 1 is 1.03 bits per heavy atom. The predicted octanol–water partition coefficient (Wildman–Crippen LogP) is 6.06. The summed E-state index contributed by atoms with van der Waals surface area (Å²) >= 11 is 1.61. The van der Waals surface area contributed by atoms with E-state index in [9.17, 15) is 4.79 Å². The van der Waals surface area contributed by atoms with E-state index in [0.717, 1.165) is 20.9 Å². The molecule has 152 valence electrons. The topological polar surface area (TPSA) is 46.9 Å². The van der Waals surface area contributed by atoms with Gasteiger partial charge in [0, 0.05) is 17.0 Å². The van der Waals surface area contributed by atoms with Gasteiger partial charge in [-0.25, -0.2) is 4.98 Å². The summed E-state index contributed by atoms with van der Waals surface area (Å²) in [5.41, 5.74) is 5.77. The SMILES string of the molecule is C=C=C(Nc1cnc(-c2ccccc2)n(CC=C)c1=O)c1ccc(-c2ccccc2)s1. The van der Waals surface area contributed by atoms with Crippen molar-refractivity contribution >= 4 is 22.7 Å². The number of thiophene rings is 1. The van der Waals surface area contributed by atoms with E-state index in [-0.39, 0.29) is 5.56 Å². The molecular formula is C26H21N3OS. The minimum atomic E-state index is -0.179. The lowest BCUT2D eigenvalue weighted by atomic mass is 10.2. The Kier molecular flexibility index (Phi) is 6.08. The number of anilines is 1. The molecule has 0 aliphatic carbocycles. The number of nitrogens with zero attached hydrogens (tertiary/aromatic N) is 2. The van der Waals surface area contributed by atoms with Crippen LogP contribution in [0.1, 0.15) is 4.88 Å². The minimum absolute atomic E-state index is 0.179. The standard InChI is InChI=1S/C26H21N3OS/c1-3-17-29-25(20-13-9-6-10-14-20)27-18-22(26(29)30)28-21(4-2)24-16-15-23(31-24)19-11-7-5-8-12-19/h3,5-16,18,28H,1-2,17H2. The smallest absolute Gasteiger partial charge is 0.277 e. The molecule has 2 heterocycles. The average molecular weight is 424 g/mol. The lowest BCUT2D eigenvalue weighted by Gasteiger charge is -2.13. The number of benzene rings is 2. The van der Waals surface area contributed by atoms with Crippen LogP contribution in [-0.2, 0) is 6.54 Å². The fraction of sp³-hybridized carbons (Fsp3) is 0.0385. The van der Waals surface area contributed by atoms with Gasteiger partial charge in [0.2, 0.25) is 0 Å². The van der Waals surface area contributed by atoms with Crippen molar-refractivity contribution in [3.63, 3.8) is 0 Å². The molecule has 0 spiro atoms. The number of aromatic nitrogens is 2. The van der Waals surface area contributed by atoms with Crippen molar-refractivity contribution in [2.24, 2.45) is 0 Å². The summed E-state index contributed by atoms with van der Waals surface area (Å²) in [5, 5.41) is 3.18. The van der Waals surface area contributed by atoms with Gasteiger partial charge in [-0.3, -0.25) is 9.36 Å². The molecule has 0 saturated carbocycles. The van der Waals surface area contributed by atoms with Gasteiger partial charge in [0.25, 0.3) is 5.56 Å². The molecule has 5 heteroatoms. The normalized spacial score (nSPS) is 10.3. The first-order chi connectivity index (χ1) is 15.2. The van der Waals surface area contributed by atoms with Crippen molar-refractivity contribution in [1.82, 2.24) is 9.55 Å². The molecule has 0 radical (unpaired) electrons. The average Bonchev–Trinajstić information content (AvgIpc) is 3.31. The van der Waals surface area contributed by atoms with Crippen LogP contribution in [0, 0.1) is 0 Å². The Hall–Kier alpha value is -3.92. The third-order valence-electron chi connectivity index (χ3n) is 4.74. The van der Waals surface area contributed by atoms with Crippen LogP contribution < -0.4 is 10.9 Å². The second kappa shape index (κ2) is 9.26. The summed E-state index contributed by atoms with van der Waals surface area (Å²) in [6.07, 6.45) is 3.25. The van der Waals surface area contributed by atoms with E-state index >= 15 is 0 Å². The van der Waals surface area contributed by atoms with Gasteiger partial charge in [0.15, 0.2) is 0 Å². The van der Waals surface area contributed by atoms with Crippen molar-refractivity contribution in [2.45, 2.75) is 6.54 Å². The van der Waals surface area contributed by atoms with Crippen LogP contribution in [0.4, 0.5) is 5.69 Å². The van der Waals surface area contributed by atoms with Crippen LogP contribution >= 0.6 is 11.3 Å². The maximum Gasteiger partial charge on any atom is 0.277 e. The van der Waals surface area contributed by atoms with E-state index in [1.807, 2.05) is 54.6 Å². The van der Waals surface area contributed by atoms with Crippen molar-refractivity contribution < 1.29 is 0 Å². The Morgan fingerprint density at radius 2 is 1.71 bits per heavy atom. The van der Waals surface area contributed by atoms with Crippen molar-refractivity contribution in [3.05, 3.63) is 119 Å². The summed E-state index contributed by atoms with van der Waals surface area (Å²) in [4.78, 5) is 19.8. The van der Waals surface area contributed by atoms with Gasteiger partial charge < -0.3 is 5.32 Å². The van der Waals surface area contributed by atoms with Crippen LogP contribution in [0.15, 0.2) is 109 Å². The van der Waals surface area contributed by atoms with E-state index in [2.05, 4.69) is 47.4 Å². The van der Waals surface area contributed by atoms with Gasteiger partial charge in [0.05, 0.1) is 16.8 Å². The first kappa shape index (κ1) is 20.4. The highest BCUT2D eigenvalue weighted by molar-refractivity contribution is 7.16. The fourth-order valence-corrected chi connectivity index (χ4v) is 4.24. The summed E-state index contributed by atoms with van der Waals surface area (Å²) < 4.78 is 1.61. The molecule has 0 amide bonds. The molecule has 1 N–H and O–H groups in total. The summed E-state index contributed by atoms with van der Waals surface area (Å²) in [7, 11) is 0. The molecule has 4 aromatic rings. The number of rotatable bonds is 7. The molecule has 4 rings (SSSR count). The zero-order chi connectivity index (χ0) is 21.6. The number of hydrogen-bond donors (Lipinski definition) is 1. The van der Waals surface area contributed by atoms with E-state index in [1.165, 1.54) is 0 Å².